The first-order valence-corrected chi connectivity index (χ1v) is 12.4. The predicted octanol–water partition coefficient (Wildman–Crippen LogP) is 3.20. The fraction of sp³-hybridized carbons (Fsp3) is 0.368. The highest BCUT2D eigenvalue weighted by Crippen LogP contribution is 2.34. The van der Waals surface area contributed by atoms with Crippen molar-refractivity contribution in [3.63, 3.8) is 0 Å². The number of thioether (sulfide) groups is 1. The number of hydrogen-bond donors (Lipinski definition) is 1. The van der Waals surface area contributed by atoms with Crippen LogP contribution in [0.4, 0.5) is 5.82 Å². The van der Waals surface area contributed by atoms with Crippen molar-refractivity contribution < 1.29 is 13.2 Å². The average Bonchev–Trinajstić information content (AvgIpc) is 3.01. The summed E-state index contributed by atoms with van der Waals surface area (Å²) in [5, 5.41) is 1.52. The normalized spacial score (nSPS) is 15.8. The molecule has 29 heavy (non-hydrogen) atoms. The van der Waals surface area contributed by atoms with Gasteiger partial charge in [-0.15, -0.1) is 11.3 Å². The van der Waals surface area contributed by atoms with Crippen molar-refractivity contribution in [2.75, 3.05) is 32.0 Å². The number of nitrogen functional groups attached to an aromatic ring is 1. The highest BCUT2D eigenvalue weighted by molar-refractivity contribution is 7.98. The fourth-order valence-electron chi connectivity index (χ4n) is 3.20. The van der Waals surface area contributed by atoms with E-state index in [0.29, 0.717) is 47.9 Å². The number of anilines is 1. The molecular formula is C19H22N4O3S3. The smallest absolute Gasteiger partial charge is 0.243 e. The second-order valence-electron chi connectivity index (χ2n) is 6.81. The Bertz CT molecular complexity index is 1150. The Hall–Kier alpha value is -1.72. The predicted molar refractivity (Wildman–Crippen MR) is 117 cm³/mol. The van der Waals surface area contributed by atoms with Crippen LogP contribution in [-0.2, 0) is 20.5 Å². The quantitative estimate of drug-likeness (QED) is 0.471. The molecule has 10 heteroatoms. The van der Waals surface area contributed by atoms with Gasteiger partial charge in [-0.05, 0) is 37.1 Å². The lowest BCUT2D eigenvalue weighted by Crippen LogP contribution is -2.40. The maximum atomic E-state index is 12.9. The lowest BCUT2D eigenvalue weighted by Gasteiger charge is -2.26. The van der Waals surface area contributed by atoms with Crippen molar-refractivity contribution in [2.45, 2.75) is 29.7 Å². The van der Waals surface area contributed by atoms with Crippen LogP contribution >= 0.6 is 23.1 Å². The number of rotatable bonds is 5. The van der Waals surface area contributed by atoms with Crippen LogP contribution in [0.15, 0.2) is 34.3 Å². The van der Waals surface area contributed by atoms with Gasteiger partial charge < -0.3 is 10.5 Å². The number of benzene rings is 1. The maximum absolute atomic E-state index is 12.9. The standard InChI is InChI=1S/C19H22N4O3S3/c1-12-13(2)28-18-16(12)17(20)21-19(22-18)27-11-14-4-3-5-15(10-14)29(24,25)23-6-8-26-9-7-23/h3-5,10H,6-9,11H2,1-2H3,(H2,20,21,22). The van der Waals surface area contributed by atoms with E-state index in [0.717, 1.165) is 21.3 Å². The van der Waals surface area contributed by atoms with Gasteiger partial charge in [0, 0.05) is 23.7 Å². The van der Waals surface area contributed by atoms with Crippen LogP contribution in [0.2, 0.25) is 0 Å². The number of aromatic nitrogens is 2. The number of fused-ring (bicyclic) bond motifs is 1. The summed E-state index contributed by atoms with van der Waals surface area (Å²) in [6, 6.07) is 7.04. The van der Waals surface area contributed by atoms with E-state index in [1.807, 2.05) is 19.9 Å². The number of hydrogen-bond acceptors (Lipinski definition) is 8. The van der Waals surface area contributed by atoms with Gasteiger partial charge in [-0.3, -0.25) is 0 Å². The third-order valence-electron chi connectivity index (χ3n) is 4.91. The van der Waals surface area contributed by atoms with Gasteiger partial charge in [0.15, 0.2) is 5.16 Å². The zero-order valence-corrected chi connectivity index (χ0v) is 18.7. The summed E-state index contributed by atoms with van der Waals surface area (Å²) in [7, 11) is -3.51. The molecular weight excluding hydrogens is 428 g/mol. The van der Waals surface area contributed by atoms with Crippen molar-refractivity contribution in [1.82, 2.24) is 14.3 Å². The molecule has 0 unspecified atom stereocenters. The molecule has 2 aromatic heterocycles. The van der Waals surface area contributed by atoms with Gasteiger partial charge in [-0.2, -0.15) is 4.31 Å². The van der Waals surface area contributed by atoms with E-state index in [1.165, 1.54) is 20.9 Å². The Labute approximate surface area is 178 Å². The molecule has 0 radical (unpaired) electrons. The molecule has 0 atom stereocenters. The summed E-state index contributed by atoms with van der Waals surface area (Å²) < 4.78 is 32.5. The van der Waals surface area contributed by atoms with Gasteiger partial charge in [0.2, 0.25) is 10.0 Å². The van der Waals surface area contributed by atoms with E-state index in [9.17, 15) is 8.42 Å². The molecule has 1 aliphatic rings. The molecule has 0 amide bonds. The second-order valence-corrected chi connectivity index (χ2v) is 10.9. The first kappa shape index (κ1) is 20.5. The van der Waals surface area contributed by atoms with E-state index in [1.54, 1.807) is 29.5 Å². The van der Waals surface area contributed by atoms with Crippen LogP contribution in [-0.4, -0.2) is 49.0 Å². The van der Waals surface area contributed by atoms with E-state index in [2.05, 4.69) is 9.97 Å². The molecule has 0 aliphatic carbocycles. The number of thiophene rings is 1. The van der Waals surface area contributed by atoms with Crippen molar-refractivity contribution in [3.8, 4) is 0 Å². The molecule has 1 fully saturated rings. The lowest BCUT2D eigenvalue weighted by molar-refractivity contribution is 0.0730. The van der Waals surface area contributed by atoms with Gasteiger partial charge >= 0.3 is 0 Å². The van der Waals surface area contributed by atoms with Gasteiger partial charge in [0.1, 0.15) is 10.6 Å². The third kappa shape index (κ3) is 4.13. The Morgan fingerprint density at radius 3 is 2.76 bits per heavy atom. The fourth-order valence-corrected chi connectivity index (χ4v) is 6.57. The van der Waals surface area contributed by atoms with Gasteiger partial charge in [0.25, 0.3) is 0 Å². The molecule has 3 heterocycles. The monoisotopic (exact) mass is 450 g/mol. The van der Waals surface area contributed by atoms with Crippen molar-refractivity contribution in [2.24, 2.45) is 0 Å². The summed E-state index contributed by atoms with van der Waals surface area (Å²) in [6.07, 6.45) is 0. The molecule has 2 N–H and O–H groups in total. The van der Waals surface area contributed by atoms with Gasteiger partial charge in [-0.1, -0.05) is 23.9 Å². The number of sulfonamides is 1. The zero-order chi connectivity index (χ0) is 20.6. The summed E-state index contributed by atoms with van der Waals surface area (Å²) in [5.41, 5.74) is 8.17. The molecule has 4 rings (SSSR count). The number of morpholine rings is 1. The molecule has 1 saturated heterocycles. The van der Waals surface area contributed by atoms with Crippen molar-refractivity contribution in [3.05, 3.63) is 40.3 Å². The molecule has 1 aliphatic heterocycles. The van der Waals surface area contributed by atoms with Crippen LogP contribution in [0, 0.1) is 13.8 Å². The first-order valence-electron chi connectivity index (χ1n) is 9.19. The van der Waals surface area contributed by atoms with Crippen LogP contribution in [0.1, 0.15) is 16.0 Å². The average molecular weight is 451 g/mol. The van der Waals surface area contributed by atoms with E-state index < -0.39 is 10.0 Å². The van der Waals surface area contributed by atoms with E-state index in [-0.39, 0.29) is 0 Å². The minimum atomic E-state index is -3.51. The number of nitrogens with zero attached hydrogens (tertiary/aromatic N) is 3. The maximum Gasteiger partial charge on any atom is 0.243 e. The summed E-state index contributed by atoms with van der Waals surface area (Å²) >= 11 is 3.06. The topological polar surface area (TPSA) is 98.4 Å². The third-order valence-corrected chi connectivity index (χ3v) is 8.82. The number of nitrogens with two attached hydrogens (primary N) is 1. The molecule has 0 spiro atoms. The molecule has 3 aromatic rings. The van der Waals surface area contributed by atoms with Crippen LogP contribution < -0.4 is 5.73 Å². The molecule has 154 valence electrons. The first-order chi connectivity index (χ1) is 13.9. The van der Waals surface area contributed by atoms with E-state index >= 15 is 0 Å². The minimum absolute atomic E-state index is 0.304. The lowest BCUT2D eigenvalue weighted by atomic mass is 10.2. The van der Waals surface area contributed by atoms with Crippen LogP contribution in [0.25, 0.3) is 10.2 Å². The minimum Gasteiger partial charge on any atom is -0.383 e. The summed E-state index contributed by atoms with van der Waals surface area (Å²) in [6.45, 7) is 5.70. The second kappa shape index (κ2) is 8.19. The van der Waals surface area contributed by atoms with Crippen LogP contribution in [0.3, 0.4) is 0 Å². The Balaban J connectivity index is 1.54. The number of aryl methyl sites for hydroxylation is 2. The highest BCUT2D eigenvalue weighted by atomic mass is 32.2. The Morgan fingerprint density at radius 1 is 1.24 bits per heavy atom. The van der Waals surface area contributed by atoms with E-state index in [4.69, 9.17) is 10.5 Å². The summed E-state index contributed by atoms with van der Waals surface area (Å²) in [4.78, 5) is 11.4. The zero-order valence-electron chi connectivity index (χ0n) is 16.2. The molecule has 1 aromatic carbocycles. The Kier molecular flexibility index (Phi) is 5.80. The molecule has 0 saturated carbocycles. The SMILES string of the molecule is Cc1sc2nc(SCc3cccc(S(=O)(=O)N4CCOCC4)c3)nc(N)c2c1C. The molecule has 0 bridgehead atoms. The summed E-state index contributed by atoms with van der Waals surface area (Å²) in [5.74, 6) is 1.05. The Morgan fingerprint density at radius 2 is 2.00 bits per heavy atom. The van der Waals surface area contributed by atoms with Crippen LogP contribution in [0.5, 0.6) is 0 Å². The van der Waals surface area contributed by atoms with Crippen molar-refractivity contribution >= 4 is 49.2 Å². The van der Waals surface area contributed by atoms with Gasteiger partial charge in [-0.25, -0.2) is 18.4 Å². The largest absolute Gasteiger partial charge is 0.383 e. The molecule has 7 nitrogen and oxygen atoms in total. The highest BCUT2D eigenvalue weighted by Gasteiger charge is 2.26. The van der Waals surface area contributed by atoms with Gasteiger partial charge in [0.05, 0.1) is 23.5 Å². The number of ether oxygens (including phenoxy) is 1. The van der Waals surface area contributed by atoms with Crippen molar-refractivity contribution in [1.29, 1.82) is 0 Å².